The zero-order valence-electron chi connectivity index (χ0n) is 23.3. The summed E-state index contributed by atoms with van der Waals surface area (Å²) in [6.07, 6.45) is 5.83. The van der Waals surface area contributed by atoms with E-state index in [1.807, 2.05) is 60.5 Å². The minimum Gasteiger partial charge on any atom is -0.370 e. The van der Waals surface area contributed by atoms with Crippen LogP contribution < -0.4 is 9.80 Å². The van der Waals surface area contributed by atoms with Gasteiger partial charge in [0.2, 0.25) is 0 Å². The summed E-state index contributed by atoms with van der Waals surface area (Å²) in [7, 11) is 0. The first-order chi connectivity index (χ1) is 19.0. The molecular formula is C32H38N6O. The quantitative estimate of drug-likeness (QED) is 0.445. The number of nitrogens with zero attached hydrogens (tertiary/aromatic N) is 6. The molecule has 0 spiro atoms. The monoisotopic (exact) mass is 522 g/mol. The molecule has 3 aromatic rings. The van der Waals surface area contributed by atoms with Crippen LogP contribution in [0.3, 0.4) is 0 Å². The minimum absolute atomic E-state index is 0.0864. The lowest BCUT2D eigenvalue weighted by Gasteiger charge is -2.42. The van der Waals surface area contributed by atoms with Crippen molar-refractivity contribution in [1.82, 2.24) is 14.9 Å². The topological polar surface area (TPSA) is 76.4 Å². The number of piperazine rings is 1. The van der Waals surface area contributed by atoms with Gasteiger partial charge in [-0.2, -0.15) is 5.26 Å². The van der Waals surface area contributed by atoms with Crippen LogP contribution in [0.1, 0.15) is 59.1 Å². The van der Waals surface area contributed by atoms with Crippen LogP contribution in [0.2, 0.25) is 0 Å². The van der Waals surface area contributed by atoms with Gasteiger partial charge in [-0.3, -0.25) is 9.78 Å². The van der Waals surface area contributed by atoms with Gasteiger partial charge in [-0.15, -0.1) is 0 Å². The summed E-state index contributed by atoms with van der Waals surface area (Å²) in [4.78, 5) is 29.8. The van der Waals surface area contributed by atoms with E-state index in [9.17, 15) is 10.1 Å². The Labute approximate surface area is 232 Å². The van der Waals surface area contributed by atoms with E-state index in [-0.39, 0.29) is 11.9 Å². The lowest BCUT2D eigenvalue weighted by atomic mass is 9.88. The molecule has 5 rings (SSSR count). The first-order valence-electron chi connectivity index (χ1n) is 14.2. The van der Waals surface area contributed by atoms with E-state index in [1.165, 1.54) is 5.56 Å². The van der Waals surface area contributed by atoms with Crippen LogP contribution in [0.5, 0.6) is 0 Å². The molecule has 1 aromatic carbocycles. The van der Waals surface area contributed by atoms with Crippen molar-refractivity contribution >= 4 is 17.4 Å². The van der Waals surface area contributed by atoms with Gasteiger partial charge in [0.05, 0.1) is 22.5 Å². The van der Waals surface area contributed by atoms with Gasteiger partial charge in [-0.05, 0) is 81.3 Å². The SMILES string of the molecule is CC[C@@H]1CN(C(=O)c2cc(CC3CCN(c4ccccc4C#N)CC3)c(C)nc2C)CCN1c1ccccn1. The van der Waals surface area contributed by atoms with Crippen LogP contribution >= 0.6 is 0 Å². The smallest absolute Gasteiger partial charge is 0.255 e. The maximum Gasteiger partial charge on any atom is 0.255 e. The number of aromatic nitrogens is 2. The second-order valence-electron chi connectivity index (χ2n) is 10.8. The summed E-state index contributed by atoms with van der Waals surface area (Å²) >= 11 is 0. The average Bonchev–Trinajstić information content (AvgIpc) is 2.98. The van der Waals surface area contributed by atoms with E-state index in [0.29, 0.717) is 19.0 Å². The summed E-state index contributed by atoms with van der Waals surface area (Å²) in [6, 6.07) is 18.5. The molecule has 2 saturated heterocycles. The molecule has 39 heavy (non-hydrogen) atoms. The van der Waals surface area contributed by atoms with E-state index >= 15 is 0 Å². The molecule has 202 valence electrons. The highest BCUT2D eigenvalue weighted by molar-refractivity contribution is 5.95. The van der Waals surface area contributed by atoms with Crippen molar-refractivity contribution in [2.45, 2.75) is 52.5 Å². The average molecular weight is 523 g/mol. The normalized spacial score (nSPS) is 18.2. The van der Waals surface area contributed by atoms with E-state index in [2.05, 4.69) is 40.8 Å². The largest absolute Gasteiger partial charge is 0.370 e. The van der Waals surface area contributed by atoms with Crippen molar-refractivity contribution in [3.05, 3.63) is 82.8 Å². The second kappa shape index (κ2) is 11.9. The number of pyridine rings is 2. The minimum atomic E-state index is 0.0864. The third-order valence-electron chi connectivity index (χ3n) is 8.41. The predicted octanol–water partition coefficient (Wildman–Crippen LogP) is 5.17. The van der Waals surface area contributed by atoms with Gasteiger partial charge in [0, 0.05) is 50.7 Å². The lowest BCUT2D eigenvalue weighted by Crippen LogP contribution is -2.55. The number of para-hydroxylation sites is 1. The highest BCUT2D eigenvalue weighted by Gasteiger charge is 2.31. The first-order valence-corrected chi connectivity index (χ1v) is 14.2. The molecule has 2 aromatic heterocycles. The number of hydrogen-bond donors (Lipinski definition) is 0. The van der Waals surface area contributed by atoms with Gasteiger partial charge in [0.25, 0.3) is 5.91 Å². The van der Waals surface area contributed by atoms with E-state index < -0.39 is 0 Å². The second-order valence-corrected chi connectivity index (χ2v) is 10.8. The molecule has 0 aliphatic carbocycles. The summed E-state index contributed by atoms with van der Waals surface area (Å²) in [5, 5.41) is 9.49. The van der Waals surface area contributed by atoms with Gasteiger partial charge in [-0.1, -0.05) is 25.1 Å². The lowest BCUT2D eigenvalue weighted by molar-refractivity contribution is 0.0719. The fourth-order valence-corrected chi connectivity index (χ4v) is 6.11. The number of benzene rings is 1. The molecule has 1 atom stereocenters. The number of nitriles is 1. The van der Waals surface area contributed by atoms with Crippen molar-refractivity contribution in [2.75, 3.05) is 42.5 Å². The summed E-state index contributed by atoms with van der Waals surface area (Å²) in [5.41, 5.74) is 5.52. The molecular weight excluding hydrogens is 484 g/mol. The van der Waals surface area contributed by atoms with Crippen LogP contribution in [0, 0.1) is 31.1 Å². The third-order valence-corrected chi connectivity index (χ3v) is 8.41. The molecule has 2 fully saturated rings. The van der Waals surface area contributed by atoms with Gasteiger partial charge < -0.3 is 14.7 Å². The Kier molecular flexibility index (Phi) is 8.11. The summed E-state index contributed by atoms with van der Waals surface area (Å²) in [5.74, 6) is 1.60. The van der Waals surface area contributed by atoms with Crippen molar-refractivity contribution < 1.29 is 4.79 Å². The summed E-state index contributed by atoms with van der Waals surface area (Å²) in [6.45, 7) is 10.2. The van der Waals surface area contributed by atoms with Crippen molar-refractivity contribution in [3.63, 3.8) is 0 Å². The Morgan fingerprint density at radius 3 is 2.51 bits per heavy atom. The molecule has 0 saturated carbocycles. The molecule has 0 radical (unpaired) electrons. The third kappa shape index (κ3) is 5.75. The van der Waals surface area contributed by atoms with Crippen LogP contribution in [0.4, 0.5) is 11.5 Å². The number of piperidine rings is 1. The Morgan fingerprint density at radius 2 is 1.79 bits per heavy atom. The van der Waals surface area contributed by atoms with E-state index in [1.54, 1.807) is 0 Å². The highest BCUT2D eigenvalue weighted by atomic mass is 16.2. The van der Waals surface area contributed by atoms with Crippen LogP contribution in [0.25, 0.3) is 0 Å². The van der Waals surface area contributed by atoms with E-state index in [4.69, 9.17) is 4.98 Å². The van der Waals surface area contributed by atoms with Crippen LogP contribution in [0.15, 0.2) is 54.7 Å². The molecule has 0 N–H and O–H groups in total. The zero-order chi connectivity index (χ0) is 27.4. The molecule has 1 amide bonds. The fraction of sp³-hybridized carbons (Fsp3) is 0.438. The number of aryl methyl sites for hydroxylation is 2. The molecule has 0 bridgehead atoms. The zero-order valence-corrected chi connectivity index (χ0v) is 23.3. The molecule has 2 aliphatic heterocycles. The Morgan fingerprint density at radius 1 is 1.03 bits per heavy atom. The van der Waals surface area contributed by atoms with Crippen LogP contribution in [-0.2, 0) is 6.42 Å². The van der Waals surface area contributed by atoms with Crippen molar-refractivity contribution in [1.29, 1.82) is 5.26 Å². The molecule has 2 aliphatic rings. The molecule has 0 unspecified atom stereocenters. The number of carbonyl (C=O) groups excluding carboxylic acids is 1. The Bertz CT molecular complexity index is 1340. The fourth-order valence-electron chi connectivity index (χ4n) is 6.11. The Balaban J connectivity index is 1.26. The maximum atomic E-state index is 13.8. The summed E-state index contributed by atoms with van der Waals surface area (Å²) < 4.78 is 0. The van der Waals surface area contributed by atoms with Gasteiger partial charge in [-0.25, -0.2) is 4.98 Å². The number of amides is 1. The van der Waals surface area contributed by atoms with E-state index in [0.717, 1.165) is 79.3 Å². The highest BCUT2D eigenvalue weighted by Crippen LogP contribution is 2.29. The number of rotatable bonds is 6. The molecule has 7 nitrogen and oxygen atoms in total. The van der Waals surface area contributed by atoms with Gasteiger partial charge >= 0.3 is 0 Å². The van der Waals surface area contributed by atoms with Gasteiger partial charge in [0.1, 0.15) is 11.9 Å². The number of anilines is 2. The number of carbonyl (C=O) groups is 1. The standard InChI is InChI=1S/C32H38N6O/c1-4-28-22-37(17-18-38(28)31-11-7-8-14-34-31)32(39)29-20-27(23(2)35-24(29)3)19-25-12-15-36(16-13-25)30-10-6-5-9-26(30)21-33/h5-11,14,20,25,28H,4,12-13,15-19,22H2,1-3H3/t28-/m1/s1. The van der Waals surface area contributed by atoms with Crippen molar-refractivity contribution in [2.24, 2.45) is 5.92 Å². The molecule has 4 heterocycles. The predicted molar refractivity (Wildman–Crippen MR) is 155 cm³/mol. The van der Waals surface area contributed by atoms with Crippen LogP contribution in [-0.4, -0.2) is 59.5 Å². The maximum absolute atomic E-state index is 13.8. The van der Waals surface area contributed by atoms with Gasteiger partial charge in [0.15, 0.2) is 0 Å². The van der Waals surface area contributed by atoms with Crippen molar-refractivity contribution in [3.8, 4) is 6.07 Å². The Hall–Kier alpha value is -3.92. The molecule has 7 heteroatoms. The number of hydrogen-bond acceptors (Lipinski definition) is 6. The first kappa shape index (κ1) is 26.7.